The Labute approximate surface area is 161 Å². The monoisotopic (exact) mass is 370 g/mol. The fraction of sp³-hybridized carbons (Fsp3) is 0.409. The van der Waals surface area contributed by atoms with Crippen molar-refractivity contribution in [2.24, 2.45) is 0 Å². The van der Waals surface area contributed by atoms with Gasteiger partial charge in [0.15, 0.2) is 0 Å². The molecule has 0 saturated heterocycles. The SMILES string of the molecule is CCC.Cc1ccc2nc(-c3ccc(NC(C)(C)CCO)cc3)sc2c1. The minimum atomic E-state index is -0.121. The maximum atomic E-state index is 9.11. The van der Waals surface area contributed by atoms with Crippen LogP contribution in [-0.4, -0.2) is 22.2 Å². The second kappa shape index (κ2) is 9.15. The number of hydrogen-bond acceptors (Lipinski definition) is 4. The molecule has 0 radical (unpaired) electrons. The third kappa shape index (κ3) is 5.55. The van der Waals surface area contributed by atoms with E-state index in [9.17, 15) is 0 Å². The summed E-state index contributed by atoms with van der Waals surface area (Å²) in [5.74, 6) is 0. The minimum absolute atomic E-state index is 0.121. The maximum Gasteiger partial charge on any atom is 0.124 e. The Morgan fingerprint density at radius 3 is 2.35 bits per heavy atom. The molecule has 0 fully saturated rings. The Bertz CT molecular complexity index is 822. The van der Waals surface area contributed by atoms with Crippen molar-refractivity contribution in [2.75, 3.05) is 11.9 Å². The van der Waals surface area contributed by atoms with Crippen LogP contribution in [0.5, 0.6) is 0 Å². The summed E-state index contributed by atoms with van der Waals surface area (Å²) in [7, 11) is 0. The van der Waals surface area contributed by atoms with Crippen molar-refractivity contribution < 1.29 is 5.11 Å². The molecule has 2 aromatic carbocycles. The molecule has 0 spiro atoms. The molecule has 0 aliphatic heterocycles. The third-order valence-corrected chi connectivity index (χ3v) is 4.96. The summed E-state index contributed by atoms with van der Waals surface area (Å²) in [5.41, 5.74) is 4.39. The molecule has 4 heteroatoms. The van der Waals surface area contributed by atoms with Gasteiger partial charge in [-0.1, -0.05) is 26.3 Å². The van der Waals surface area contributed by atoms with Crippen LogP contribution in [0, 0.1) is 6.92 Å². The van der Waals surface area contributed by atoms with Gasteiger partial charge in [-0.05, 0) is 69.2 Å². The van der Waals surface area contributed by atoms with Crippen molar-refractivity contribution in [1.82, 2.24) is 4.98 Å². The largest absolute Gasteiger partial charge is 0.396 e. The molecular weight excluding hydrogens is 340 g/mol. The minimum Gasteiger partial charge on any atom is -0.396 e. The topological polar surface area (TPSA) is 45.2 Å². The first kappa shape index (κ1) is 20.4. The molecule has 0 saturated carbocycles. The van der Waals surface area contributed by atoms with E-state index >= 15 is 0 Å². The summed E-state index contributed by atoms with van der Waals surface area (Å²) in [6.07, 6.45) is 1.96. The lowest BCUT2D eigenvalue weighted by atomic mass is 10.0. The number of thiazole rings is 1. The summed E-state index contributed by atoms with van der Waals surface area (Å²) in [6, 6.07) is 14.7. The molecule has 1 heterocycles. The van der Waals surface area contributed by atoms with Crippen molar-refractivity contribution in [2.45, 2.75) is 53.0 Å². The van der Waals surface area contributed by atoms with Crippen LogP contribution >= 0.6 is 11.3 Å². The zero-order valence-corrected chi connectivity index (χ0v) is 17.3. The van der Waals surface area contributed by atoms with Gasteiger partial charge in [-0.25, -0.2) is 4.98 Å². The number of rotatable bonds is 5. The summed E-state index contributed by atoms with van der Waals surface area (Å²) in [6.45, 7) is 10.7. The fourth-order valence-corrected chi connectivity index (χ4v) is 3.65. The van der Waals surface area contributed by atoms with E-state index in [1.54, 1.807) is 11.3 Å². The van der Waals surface area contributed by atoms with Gasteiger partial charge in [-0.2, -0.15) is 0 Å². The van der Waals surface area contributed by atoms with Crippen molar-refractivity contribution >= 4 is 27.2 Å². The number of fused-ring (bicyclic) bond motifs is 1. The average Bonchev–Trinajstić information content (AvgIpc) is 2.99. The number of anilines is 1. The summed E-state index contributed by atoms with van der Waals surface area (Å²) in [4.78, 5) is 4.72. The Balaban J connectivity index is 0.000000758. The van der Waals surface area contributed by atoms with Crippen LogP contribution < -0.4 is 5.32 Å². The predicted molar refractivity (Wildman–Crippen MR) is 115 cm³/mol. The standard InChI is InChI=1S/C19H22N2OS.C3H8/c1-13-4-9-16-17(12-13)23-18(20-16)14-5-7-15(8-6-14)21-19(2,3)10-11-22;1-3-2/h4-9,12,21-22H,10-11H2,1-3H3;3H2,1-2H3. The van der Waals surface area contributed by atoms with Gasteiger partial charge in [0.2, 0.25) is 0 Å². The Hall–Kier alpha value is -1.91. The van der Waals surface area contributed by atoms with E-state index in [0.29, 0.717) is 6.42 Å². The van der Waals surface area contributed by atoms with E-state index in [4.69, 9.17) is 10.1 Å². The number of hydrogen-bond donors (Lipinski definition) is 2. The Kier molecular flexibility index (Phi) is 7.18. The lowest BCUT2D eigenvalue weighted by Gasteiger charge is -2.26. The Morgan fingerprint density at radius 1 is 1.08 bits per heavy atom. The van der Waals surface area contributed by atoms with Gasteiger partial charge in [-0.15, -0.1) is 11.3 Å². The molecule has 140 valence electrons. The van der Waals surface area contributed by atoms with Crippen LogP contribution in [0.4, 0.5) is 5.69 Å². The van der Waals surface area contributed by atoms with Crippen molar-refractivity contribution in [3.05, 3.63) is 48.0 Å². The molecule has 3 rings (SSSR count). The van der Waals surface area contributed by atoms with E-state index in [1.807, 2.05) is 0 Å². The molecule has 0 unspecified atom stereocenters. The molecule has 0 atom stereocenters. The van der Waals surface area contributed by atoms with E-state index in [1.165, 1.54) is 16.7 Å². The zero-order chi connectivity index (χ0) is 19.2. The highest BCUT2D eigenvalue weighted by Gasteiger charge is 2.16. The first-order valence-electron chi connectivity index (χ1n) is 9.25. The molecule has 26 heavy (non-hydrogen) atoms. The highest BCUT2D eigenvalue weighted by Crippen LogP contribution is 2.31. The van der Waals surface area contributed by atoms with Crippen LogP contribution in [-0.2, 0) is 0 Å². The Morgan fingerprint density at radius 2 is 1.73 bits per heavy atom. The van der Waals surface area contributed by atoms with Crippen molar-refractivity contribution in [1.29, 1.82) is 0 Å². The van der Waals surface area contributed by atoms with Gasteiger partial charge in [0.05, 0.1) is 10.2 Å². The number of benzene rings is 2. The van der Waals surface area contributed by atoms with Gasteiger partial charge < -0.3 is 10.4 Å². The number of aliphatic hydroxyl groups is 1. The first-order chi connectivity index (χ1) is 12.4. The maximum absolute atomic E-state index is 9.11. The van der Waals surface area contributed by atoms with Gasteiger partial charge >= 0.3 is 0 Å². The second-order valence-corrected chi connectivity index (χ2v) is 8.29. The molecule has 1 aromatic heterocycles. The fourth-order valence-electron chi connectivity index (χ4n) is 2.58. The molecule has 0 bridgehead atoms. The third-order valence-electron chi connectivity index (χ3n) is 3.90. The van der Waals surface area contributed by atoms with Crippen LogP contribution in [0.1, 0.15) is 46.1 Å². The van der Waals surface area contributed by atoms with E-state index in [2.05, 4.69) is 82.4 Å². The smallest absolute Gasteiger partial charge is 0.124 e. The summed E-state index contributed by atoms with van der Waals surface area (Å²) < 4.78 is 1.23. The highest BCUT2D eigenvalue weighted by molar-refractivity contribution is 7.21. The molecule has 0 aliphatic carbocycles. The number of aliphatic hydroxyl groups excluding tert-OH is 1. The zero-order valence-electron chi connectivity index (χ0n) is 16.5. The van der Waals surface area contributed by atoms with Crippen LogP contribution in [0.3, 0.4) is 0 Å². The van der Waals surface area contributed by atoms with Crippen LogP contribution in [0.25, 0.3) is 20.8 Å². The molecule has 2 N–H and O–H groups in total. The molecular formula is C22H30N2OS. The molecule has 3 nitrogen and oxygen atoms in total. The van der Waals surface area contributed by atoms with Gasteiger partial charge in [0, 0.05) is 23.4 Å². The molecule has 3 aromatic rings. The van der Waals surface area contributed by atoms with Gasteiger partial charge in [0.1, 0.15) is 5.01 Å². The quantitative estimate of drug-likeness (QED) is 0.557. The number of aromatic nitrogens is 1. The summed E-state index contributed by atoms with van der Waals surface area (Å²) >= 11 is 1.73. The van der Waals surface area contributed by atoms with Crippen molar-refractivity contribution in [3.63, 3.8) is 0 Å². The van der Waals surface area contributed by atoms with E-state index < -0.39 is 0 Å². The lowest BCUT2D eigenvalue weighted by Crippen LogP contribution is -2.31. The van der Waals surface area contributed by atoms with E-state index in [0.717, 1.165) is 21.8 Å². The van der Waals surface area contributed by atoms with Crippen molar-refractivity contribution in [3.8, 4) is 10.6 Å². The first-order valence-corrected chi connectivity index (χ1v) is 10.1. The predicted octanol–water partition coefficient (Wildman–Crippen LogP) is 6.26. The number of nitrogens with one attached hydrogen (secondary N) is 1. The summed E-state index contributed by atoms with van der Waals surface area (Å²) in [5, 5.41) is 13.6. The molecule has 0 amide bonds. The van der Waals surface area contributed by atoms with Gasteiger partial charge in [-0.3, -0.25) is 0 Å². The highest BCUT2D eigenvalue weighted by atomic mass is 32.1. The van der Waals surface area contributed by atoms with Gasteiger partial charge in [0.25, 0.3) is 0 Å². The normalized spacial score (nSPS) is 11.2. The number of nitrogens with zero attached hydrogens (tertiary/aromatic N) is 1. The lowest BCUT2D eigenvalue weighted by molar-refractivity contribution is 0.261. The second-order valence-electron chi connectivity index (χ2n) is 7.26. The van der Waals surface area contributed by atoms with Crippen LogP contribution in [0.2, 0.25) is 0 Å². The van der Waals surface area contributed by atoms with E-state index in [-0.39, 0.29) is 12.1 Å². The number of aryl methyl sites for hydroxylation is 1. The molecule has 0 aliphatic rings. The average molecular weight is 371 g/mol. The van der Waals surface area contributed by atoms with Crippen LogP contribution in [0.15, 0.2) is 42.5 Å².